The number of thiazole rings is 1. The molecule has 0 spiro atoms. The van der Waals surface area contributed by atoms with Gasteiger partial charge < -0.3 is 14.2 Å². The van der Waals surface area contributed by atoms with E-state index in [9.17, 15) is 13.2 Å². The Labute approximate surface area is 286 Å². The summed E-state index contributed by atoms with van der Waals surface area (Å²) in [5.41, 5.74) is 3.11. The van der Waals surface area contributed by atoms with Gasteiger partial charge in [0.05, 0.1) is 42.0 Å². The van der Waals surface area contributed by atoms with Crippen LogP contribution in [0, 0.1) is 0 Å². The minimum atomic E-state index is -3.74. The van der Waals surface area contributed by atoms with Crippen LogP contribution in [0.5, 0.6) is 11.5 Å². The Morgan fingerprint density at radius 1 is 0.959 bits per heavy atom. The van der Waals surface area contributed by atoms with Crippen LogP contribution in [0.25, 0.3) is 40.1 Å². The molecule has 0 aliphatic carbocycles. The highest BCUT2D eigenvalue weighted by atomic mass is 32.2. The van der Waals surface area contributed by atoms with Gasteiger partial charge in [0.15, 0.2) is 17.3 Å². The third-order valence-electron chi connectivity index (χ3n) is 7.88. The van der Waals surface area contributed by atoms with E-state index in [1.54, 1.807) is 42.1 Å². The zero-order valence-electron chi connectivity index (χ0n) is 26.7. The van der Waals surface area contributed by atoms with Gasteiger partial charge in [0.25, 0.3) is 5.56 Å². The molecule has 250 valence electrons. The third-order valence-corrected chi connectivity index (χ3v) is 10.7. The molecule has 1 aliphatic rings. The van der Waals surface area contributed by atoms with Crippen molar-refractivity contribution in [3.05, 3.63) is 111 Å². The van der Waals surface area contributed by atoms with Crippen molar-refractivity contribution in [2.75, 3.05) is 40.0 Å². The highest BCUT2D eigenvalue weighted by Gasteiger charge is 2.27. The van der Waals surface area contributed by atoms with Gasteiger partial charge in [0.2, 0.25) is 15.0 Å². The molecule has 3 aromatic carbocycles. The lowest BCUT2D eigenvalue weighted by atomic mass is 10.1. The van der Waals surface area contributed by atoms with E-state index >= 15 is 0 Å². The summed E-state index contributed by atoms with van der Waals surface area (Å²) in [7, 11) is -2.15. The van der Waals surface area contributed by atoms with Crippen molar-refractivity contribution in [3.63, 3.8) is 0 Å². The van der Waals surface area contributed by atoms with Crippen LogP contribution in [0.4, 0.5) is 0 Å². The minimum absolute atomic E-state index is 0.166. The molecule has 6 aromatic rings. The van der Waals surface area contributed by atoms with Gasteiger partial charge in [-0.2, -0.15) is 18.9 Å². The van der Waals surface area contributed by atoms with Crippen molar-refractivity contribution in [2.24, 2.45) is 0 Å². The molecule has 0 bridgehead atoms. The molecular weight excluding hydrogens is 665 g/mol. The fraction of sp³-hybridized carbons (Fsp3) is 0.200. The normalized spacial score (nSPS) is 14.6. The van der Waals surface area contributed by atoms with E-state index in [0.29, 0.717) is 76.5 Å². The molecular formula is C35H32N6O6S2. The Balaban J connectivity index is 1.25. The molecule has 3 aromatic heterocycles. The number of nitrogens with zero attached hydrogens (tertiary/aromatic N) is 6. The Kier molecular flexibility index (Phi) is 9.10. The summed E-state index contributed by atoms with van der Waals surface area (Å²) in [4.78, 5) is 18.7. The number of rotatable bonds is 10. The molecule has 0 atom stereocenters. The number of methoxy groups -OCH3 is 1. The van der Waals surface area contributed by atoms with E-state index in [1.807, 2.05) is 73.8 Å². The minimum Gasteiger partial charge on any atom is -0.493 e. The first-order valence-corrected chi connectivity index (χ1v) is 17.8. The predicted molar refractivity (Wildman–Crippen MR) is 188 cm³/mol. The third kappa shape index (κ3) is 6.63. The first-order chi connectivity index (χ1) is 23.8. The first kappa shape index (κ1) is 32.4. The number of sulfonamides is 1. The number of ether oxygens (including phenoxy) is 3. The zero-order chi connectivity index (χ0) is 34.0. The molecule has 1 saturated heterocycles. The van der Waals surface area contributed by atoms with E-state index in [-0.39, 0.29) is 10.5 Å². The molecule has 0 unspecified atom stereocenters. The fourth-order valence-electron chi connectivity index (χ4n) is 5.46. The van der Waals surface area contributed by atoms with Crippen LogP contribution in [-0.2, 0) is 14.8 Å². The first-order valence-electron chi connectivity index (χ1n) is 15.6. The molecule has 12 nitrogen and oxygen atoms in total. The molecule has 7 rings (SSSR count). The van der Waals surface area contributed by atoms with E-state index in [0.717, 1.165) is 11.3 Å². The summed E-state index contributed by atoms with van der Waals surface area (Å²) < 4.78 is 48.2. The average Bonchev–Trinajstić information content (AvgIpc) is 3.83. The van der Waals surface area contributed by atoms with Gasteiger partial charge in [-0.15, -0.1) is 5.10 Å². The number of hydrogen-bond donors (Lipinski definition) is 0. The Morgan fingerprint density at radius 2 is 1.78 bits per heavy atom. The van der Waals surface area contributed by atoms with Crippen LogP contribution in [0.15, 0.2) is 88.7 Å². The SMILES string of the molecule is CCOc1ccc(/C=C/c2nc3s/c(=C\c4cn(-c5ccccc5)nc4-c4cccc(S(=O)(=O)N5CCOCC5)c4)c(=O)n3n2)cc1OC. The van der Waals surface area contributed by atoms with Crippen molar-refractivity contribution >= 4 is 44.5 Å². The number of benzene rings is 3. The number of aromatic nitrogens is 5. The molecule has 0 N–H and O–H groups in total. The quantitative estimate of drug-likeness (QED) is 0.207. The second kappa shape index (κ2) is 13.8. The molecule has 1 aliphatic heterocycles. The largest absolute Gasteiger partial charge is 0.493 e. The van der Waals surface area contributed by atoms with Gasteiger partial charge >= 0.3 is 0 Å². The van der Waals surface area contributed by atoms with Crippen LogP contribution in [-0.4, -0.2) is 77.1 Å². The molecule has 0 amide bonds. The molecule has 4 heterocycles. The fourth-order valence-corrected chi connectivity index (χ4v) is 7.82. The molecule has 0 saturated carbocycles. The van der Waals surface area contributed by atoms with Gasteiger partial charge in [0, 0.05) is 30.4 Å². The van der Waals surface area contributed by atoms with Crippen LogP contribution in [0.2, 0.25) is 0 Å². The van der Waals surface area contributed by atoms with Crippen molar-refractivity contribution in [1.29, 1.82) is 0 Å². The topological polar surface area (TPSA) is 130 Å². The Bertz CT molecular complexity index is 2380. The van der Waals surface area contributed by atoms with Gasteiger partial charge in [0.1, 0.15) is 5.69 Å². The summed E-state index contributed by atoms with van der Waals surface area (Å²) in [5.74, 6) is 1.66. The van der Waals surface area contributed by atoms with Crippen molar-refractivity contribution in [3.8, 4) is 28.4 Å². The van der Waals surface area contributed by atoms with Gasteiger partial charge in [-0.3, -0.25) is 4.79 Å². The van der Waals surface area contributed by atoms with Crippen LogP contribution < -0.4 is 19.6 Å². The van der Waals surface area contributed by atoms with Crippen molar-refractivity contribution < 1.29 is 22.6 Å². The lowest BCUT2D eigenvalue weighted by Gasteiger charge is -2.26. The predicted octanol–water partition coefficient (Wildman–Crippen LogP) is 4.15. The second-order valence-electron chi connectivity index (χ2n) is 11.0. The molecule has 0 radical (unpaired) electrons. The number of fused-ring (bicyclic) bond motifs is 1. The highest BCUT2D eigenvalue weighted by molar-refractivity contribution is 7.89. The summed E-state index contributed by atoms with van der Waals surface area (Å²) in [6.45, 7) is 3.73. The Morgan fingerprint density at radius 3 is 2.53 bits per heavy atom. The number of para-hydroxylation sites is 1. The summed E-state index contributed by atoms with van der Waals surface area (Å²) in [5, 5.41) is 9.28. The molecule has 14 heteroatoms. The van der Waals surface area contributed by atoms with E-state index in [1.165, 1.54) is 20.2 Å². The maximum atomic E-state index is 13.6. The van der Waals surface area contributed by atoms with E-state index < -0.39 is 10.0 Å². The number of morpholine rings is 1. The highest BCUT2D eigenvalue weighted by Crippen LogP contribution is 2.30. The van der Waals surface area contributed by atoms with Crippen molar-refractivity contribution in [1.82, 2.24) is 28.7 Å². The smallest absolute Gasteiger partial charge is 0.291 e. The second-order valence-corrected chi connectivity index (χ2v) is 14.0. The lowest BCUT2D eigenvalue weighted by Crippen LogP contribution is -2.40. The maximum absolute atomic E-state index is 13.6. The van der Waals surface area contributed by atoms with Gasteiger partial charge in [-0.25, -0.2) is 13.1 Å². The standard InChI is InChI=1S/C35H32N6O6S2/c1-3-47-29-14-12-24(20-30(29)45-2)13-15-32-36-35-41(37-32)34(42)31(48-35)22-26-23-40(27-9-5-4-6-10-27)38-33(26)25-8-7-11-28(21-25)49(43,44)39-16-18-46-19-17-39/h4-15,20-23H,3,16-19H2,1-2H3/b15-13+,31-22-. The van der Waals surface area contributed by atoms with E-state index in [2.05, 4.69) is 10.1 Å². The molecule has 49 heavy (non-hydrogen) atoms. The van der Waals surface area contributed by atoms with Gasteiger partial charge in [-0.05, 0) is 61.0 Å². The monoisotopic (exact) mass is 696 g/mol. The Hall–Kier alpha value is -5.15. The van der Waals surface area contributed by atoms with Gasteiger partial charge in [-0.1, -0.05) is 53.8 Å². The number of hydrogen-bond acceptors (Lipinski definition) is 10. The lowest BCUT2D eigenvalue weighted by molar-refractivity contribution is 0.0730. The zero-order valence-corrected chi connectivity index (χ0v) is 28.4. The van der Waals surface area contributed by atoms with Crippen LogP contribution >= 0.6 is 11.3 Å². The summed E-state index contributed by atoms with van der Waals surface area (Å²) in [6, 6.07) is 21.9. The van der Waals surface area contributed by atoms with Crippen molar-refractivity contribution in [2.45, 2.75) is 11.8 Å². The van der Waals surface area contributed by atoms with Crippen LogP contribution in [0.1, 0.15) is 23.9 Å². The average molecular weight is 697 g/mol. The molecule has 1 fully saturated rings. The summed E-state index contributed by atoms with van der Waals surface area (Å²) >= 11 is 1.21. The van der Waals surface area contributed by atoms with Crippen LogP contribution in [0.3, 0.4) is 0 Å². The maximum Gasteiger partial charge on any atom is 0.291 e. The summed E-state index contributed by atoms with van der Waals surface area (Å²) in [6.07, 6.45) is 7.14. The van der Waals surface area contributed by atoms with E-state index in [4.69, 9.17) is 19.3 Å².